The molecule has 0 atom stereocenters. The van der Waals surface area contributed by atoms with Crippen LogP contribution in [0.1, 0.15) is 0 Å². The second-order valence-electron chi connectivity index (χ2n) is 4.58. The van der Waals surface area contributed by atoms with Gasteiger partial charge in [0.25, 0.3) is 0 Å². The summed E-state index contributed by atoms with van der Waals surface area (Å²) in [5, 5.41) is 8.73. The summed E-state index contributed by atoms with van der Waals surface area (Å²) in [6, 6.07) is 14.8. The lowest BCUT2D eigenvalue weighted by molar-refractivity contribution is 0.147. The molecule has 0 aliphatic rings. The van der Waals surface area contributed by atoms with Crippen molar-refractivity contribution in [3.05, 3.63) is 53.0 Å². The van der Waals surface area contributed by atoms with Gasteiger partial charge in [0.1, 0.15) is 23.9 Å². The van der Waals surface area contributed by atoms with Crippen LogP contribution in [0.25, 0.3) is 0 Å². The molecule has 0 bridgehead atoms. The van der Waals surface area contributed by atoms with E-state index in [1.807, 2.05) is 24.3 Å². The summed E-state index contributed by atoms with van der Waals surface area (Å²) in [4.78, 5) is 11.8. The molecular formula is C16H16BrNO4. The largest absolute Gasteiger partial charge is 0.492 e. The number of nitrogens with zero attached hydrogens (tertiary/aromatic N) is 1. The highest BCUT2D eigenvalue weighted by molar-refractivity contribution is 9.10. The molecule has 5 nitrogen and oxygen atoms in total. The second-order valence-corrected chi connectivity index (χ2v) is 5.50. The second kappa shape index (κ2) is 7.70. The highest BCUT2D eigenvalue weighted by atomic mass is 79.9. The van der Waals surface area contributed by atoms with Crippen molar-refractivity contribution in [1.82, 2.24) is 4.90 Å². The summed E-state index contributed by atoms with van der Waals surface area (Å²) in [5.41, 5.74) is 0. The normalized spacial score (nSPS) is 10.1. The minimum absolute atomic E-state index is 0.300. The highest BCUT2D eigenvalue weighted by Crippen LogP contribution is 2.25. The number of likely N-dealkylation sites (N-methyl/N-ethyl adjacent to an activating group) is 1. The zero-order chi connectivity index (χ0) is 15.9. The molecule has 0 heterocycles. The Morgan fingerprint density at radius 1 is 1.14 bits per heavy atom. The number of ether oxygens (including phenoxy) is 2. The van der Waals surface area contributed by atoms with Crippen molar-refractivity contribution in [2.45, 2.75) is 0 Å². The van der Waals surface area contributed by atoms with Gasteiger partial charge < -0.3 is 19.5 Å². The SMILES string of the molecule is CN(CCOc1ccc(Oc2cccc(Br)c2)cc1)C(=O)O. The molecule has 0 aliphatic carbocycles. The standard InChI is InChI=1S/C16H16BrNO4/c1-18(16(19)20)9-10-21-13-5-7-14(8-6-13)22-15-4-2-3-12(17)11-15/h2-8,11H,9-10H2,1H3,(H,19,20). The van der Waals surface area contributed by atoms with Gasteiger partial charge in [-0.1, -0.05) is 22.0 Å². The van der Waals surface area contributed by atoms with E-state index in [-0.39, 0.29) is 0 Å². The number of hydrogen-bond donors (Lipinski definition) is 1. The van der Waals surface area contributed by atoms with Crippen LogP contribution < -0.4 is 9.47 Å². The predicted octanol–water partition coefficient (Wildman–Crippen LogP) is 4.23. The summed E-state index contributed by atoms with van der Waals surface area (Å²) >= 11 is 3.39. The van der Waals surface area contributed by atoms with Crippen LogP contribution in [-0.2, 0) is 0 Å². The monoisotopic (exact) mass is 365 g/mol. The van der Waals surface area contributed by atoms with Crippen molar-refractivity contribution in [1.29, 1.82) is 0 Å². The summed E-state index contributed by atoms with van der Waals surface area (Å²) in [6.07, 6.45) is -0.971. The maximum Gasteiger partial charge on any atom is 0.407 e. The fraction of sp³-hybridized carbons (Fsp3) is 0.188. The van der Waals surface area contributed by atoms with Gasteiger partial charge in [0.15, 0.2) is 0 Å². The quantitative estimate of drug-likeness (QED) is 0.831. The van der Waals surface area contributed by atoms with E-state index in [9.17, 15) is 4.79 Å². The van der Waals surface area contributed by atoms with E-state index in [0.29, 0.717) is 24.7 Å². The van der Waals surface area contributed by atoms with E-state index < -0.39 is 6.09 Å². The molecule has 0 aromatic heterocycles. The molecule has 1 N–H and O–H groups in total. The molecule has 0 aliphatic heterocycles. The Balaban J connectivity index is 1.86. The average molecular weight is 366 g/mol. The third-order valence-electron chi connectivity index (χ3n) is 2.88. The van der Waals surface area contributed by atoms with Crippen molar-refractivity contribution in [2.24, 2.45) is 0 Å². The molecule has 0 radical (unpaired) electrons. The maximum absolute atomic E-state index is 10.6. The third-order valence-corrected chi connectivity index (χ3v) is 3.37. The van der Waals surface area contributed by atoms with Gasteiger partial charge in [0, 0.05) is 11.5 Å². The molecular weight excluding hydrogens is 350 g/mol. The fourth-order valence-electron chi connectivity index (χ4n) is 1.67. The molecule has 0 spiro atoms. The van der Waals surface area contributed by atoms with Gasteiger partial charge >= 0.3 is 6.09 Å². The minimum Gasteiger partial charge on any atom is -0.492 e. The Kier molecular flexibility index (Phi) is 5.66. The van der Waals surface area contributed by atoms with Crippen LogP contribution in [0, 0.1) is 0 Å². The van der Waals surface area contributed by atoms with E-state index in [1.165, 1.54) is 11.9 Å². The molecule has 6 heteroatoms. The summed E-state index contributed by atoms with van der Waals surface area (Å²) in [5.74, 6) is 2.11. The number of benzene rings is 2. The fourth-order valence-corrected chi connectivity index (χ4v) is 2.04. The summed E-state index contributed by atoms with van der Waals surface area (Å²) in [6.45, 7) is 0.611. The zero-order valence-electron chi connectivity index (χ0n) is 12.0. The predicted molar refractivity (Wildman–Crippen MR) is 86.8 cm³/mol. The van der Waals surface area contributed by atoms with Gasteiger partial charge in [-0.25, -0.2) is 4.79 Å². The smallest absolute Gasteiger partial charge is 0.407 e. The van der Waals surface area contributed by atoms with Crippen molar-refractivity contribution < 1.29 is 19.4 Å². The van der Waals surface area contributed by atoms with Crippen LogP contribution in [0.15, 0.2) is 53.0 Å². The first-order valence-electron chi connectivity index (χ1n) is 6.65. The molecule has 0 fully saturated rings. The van der Waals surface area contributed by atoms with Gasteiger partial charge in [-0.2, -0.15) is 0 Å². The minimum atomic E-state index is -0.971. The lowest BCUT2D eigenvalue weighted by atomic mass is 10.3. The number of carbonyl (C=O) groups is 1. The highest BCUT2D eigenvalue weighted by Gasteiger charge is 2.05. The average Bonchev–Trinajstić information content (AvgIpc) is 2.49. The molecule has 0 unspecified atom stereocenters. The van der Waals surface area contributed by atoms with E-state index >= 15 is 0 Å². The van der Waals surface area contributed by atoms with Crippen LogP contribution in [0.4, 0.5) is 4.79 Å². The molecule has 1 amide bonds. The third kappa shape index (κ3) is 4.96. The van der Waals surface area contributed by atoms with E-state index in [0.717, 1.165) is 10.2 Å². The lowest BCUT2D eigenvalue weighted by Crippen LogP contribution is -2.29. The van der Waals surface area contributed by atoms with Gasteiger partial charge in [0.05, 0.1) is 6.54 Å². The van der Waals surface area contributed by atoms with E-state index in [2.05, 4.69) is 15.9 Å². The van der Waals surface area contributed by atoms with Crippen LogP contribution in [0.5, 0.6) is 17.2 Å². The van der Waals surface area contributed by atoms with Crippen LogP contribution in [-0.4, -0.2) is 36.3 Å². The van der Waals surface area contributed by atoms with Crippen molar-refractivity contribution >= 4 is 22.0 Å². The van der Waals surface area contributed by atoms with Crippen LogP contribution in [0.2, 0.25) is 0 Å². The first-order valence-corrected chi connectivity index (χ1v) is 7.44. The summed E-state index contributed by atoms with van der Waals surface area (Å²) in [7, 11) is 1.50. The molecule has 116 valence electrons. The van der Waals surface area contributed by atoms with Crippen molar-refractivity contribution in [3.63, 3.8) is 0 Å². The Hall–Kier alpha value is -2.21. The number of rotatable bonds is 6. The Morgan fingerprint density at radius 2 is 1.82 bits per heavy atom. The molecule has 0 saturated carbocycles. The lowest BCUT2D eigenvalue weighted by Gasteiger charge is -2.13. The van der Waals surface area contributed by atoms with Crippen LogP contribution in [0.3, 0.4) is 0 Å². The molecule has 22 heavy (non-hydrogen) atoms. The number of hydrogen-bond acceptors (Lipinski definition) is 3. The Bertz CT molecular complexity index is 630. The maximum atomic E-state index is 10.6. The van der Waals surface area contributed by atoms with E-state index in [1.54, 1.807) is 24.3 Å². The van der Waals surface area contributed by atoms with Gasteiger partial charge in [-0.05, 0) is 42.5 Å². The first-order chi connectivity index (χ1) is 10.5. The first kappa shape index (κ1) is 16.2. The molecule has 2 rings (SSSR count). The van der Waals surface area contributed by atoms with Gasteiger partial charge in [-0.15, -0.1) is 0 Å². The van der Waals surface area contributed by atoms with E-state index in [4.69, 9.17) is 14.6 Å². The Labute approximate surface area is 137 Å². The zero-order valence-corrected chi connectivity index (χ0v) is 13.6. The van der Waals surface area contributed by atoms with Crippen molar-refractivity contribution in [3.8, 4) is 17.2 Å². The van der Waals surface area contributed by atoms with Gasteiger partial charge in [-0.3, -0.25) is 0 Å². The molecule has 0 saturated heterocycles. The van der Waals surface area contributed by atoms with Gasteiger partial charge in [0.2, 0.25) is 0 Å². The topological polar surface area (TPSA) is 59.0 Å². The van der Waals surface area contributed by atoms with Crippen molar-refractivity contribution in [2.75, 3.05) is 20.2 Å². The number of halogens is 1. The Morgan fingerprint density at radius 3 is 2.45 bits per heavy atom. The molecule has 2 aromatic rings. The number of amides is 1. The van der Waals surface area contributed by atoms with Crippen LogP contribution >= 0.6 is 15.9 Å². The molecule has 2 aromatic carbocycles. The summed E-state index contributed by atoms with van der Waals surface area (Å²) < 4.78 is 12.2. The number of carboxylic acid groups (broad SMARTS) is 1.